The van der Waals surface area contributed by atoms with Gasteiger partial charge in [-0.2, -0.15) is 5.26 Å². The SMILES string of the molecule is CCC(O)Nc1ccc([N+](=O)[O-])cc1C#N. The predicted octanol–water partition coefficient (Wildman–Crippen LogP) is 1.61. The molecule has 0 aromatic heterocycles. The van der Waals surface area contributed by atoms with Gasteiger partial charge in [0.15, 0.2) is 0 Å². The Kier molecular flexibility index (Phi) is 3.80. The van der Waals surface area contributed by atoms with Crippen molar-refractivity contribution < 1.29 is 10.0 Å². The Morgan fingerprint density at radius 2 is 2.38 bits per heavy atom. The summed E-state index contributed by atoms with van der Waals surface area (Å²) in [5.41, 5.74) is 0.386. The quantitative estimate of drug-likeness (QED) is 0.457. The van der Waals surface area contributed by atoms with E-state index in [0.29, 0.717) is 12.1 Å². The van der Waals surface area contributed by atoms with Gasteiger partial charge in [-0.15, -0.1) is 0 Å². The summed E-state index contributed by atoms with van der Waals surface area (Å²) < 4.78 is 0. The van der Waals surface area contributed by atoms with Crippen LogP contribution in [0.5, 0.6) is 0 Å². The van der Waals surface area contributed by atoms with Gasteiger partial charge in [-0.25, -0.2) is 0 Å². The van der Waals surface area contributed by atoms with Gasteiger partial charge in [-0.3, -0.25) is 10.1 Å². The molecule has 0 aliphatic heterocycles. The molecule has 0 radical (unpaired) electrons. The molecule has 0 spiro atoms. The van der Waals surface area contributed by atoms with E-state index in [-0.39, 0.29) is 11.3 Å². The number of non-ortho nitro benzene ring substituents is 1. The first-order chi connectivity index (χ1) is 7.58. The van der Waals surface area contributed by atoms with Crippen molar-refractivity contribution >= 4 is 11.4 Å². The Balaban J connectivity index is 3.03. The maximum Gasteiger partial charge on any atom is 0.270 e. The standard InChI is InChI=1S/C10H11N3O3/c1-2-10(14)12-9-4-3-8(13(15)16)5-7(9)6-11/h3-5,10,12,14H,2H2,1H3. The number of aliphatic hydroxyl groups excluding tert-OH is 1. The highest BCUT2D eigenvalue weighted by molar-refractivity contribution is 5.61. The first-order valence-electron chi connectivity index (χ1n) is 4.71. The van der Waals surface area contributed by atoms with Crippen LogP contribution in [-0.2, 0) is 0 Å². The van der Waals surface area contributed by atoms with Gasteiger partial charge in [0.2, 0.25) is 0 Å². The molecule has 6 heteroatoms. The summed E-state index contributed by atoms with van der Waals surface area (Å²) >= 11 is 0. The fraction of sp³-hybridized carbons (Fsp3) is 0.300. The van der Waals surface area contributed by atoms with E-state index >= 15 is 0 Å². The van der Waals surface area contributed by atoms with Gasteiger partial charge < -0.3 is 10.4 Å². The van der Waals surface area contributed by atoms with E-state index in [1.165, 1.54) is 18.2 Å². The van der Waals surface area contributed by atoms with Crippen molar-refractivity contribution in [2.75, 3.05) is 5.32 Å². The summed E-state index contributed by atoms with van der Waals surface area (Å²) in [6, 6.07) is 5.71. The number of nitrogens with zero attached hydrogens (tertiary/aromatic N) is 2. The fourth-order valence-corrected chi connectivity index (χ4v) is 1.15. The number of anilines is 1. The van der Waals surface area contributed by atoms with Gasteiger partial charge >= 0.3 is 0 Å². The number of hydrogen-bond donors (Lipinski definition) is 2. The third-order valence-electron chi connectivity index (χ3n) is 2.04. The molecule has 0 aliphatic rings. The van der Waals surface area contributed by atoms with Crippen molar-refractivity contribution in [2.45, 2.75) is 19.6 Å². The second kappa shape index (κ2) is 5.09. The molecular formula is C10H11N3O3. The van der Waals surface area contributed by atoms with Crippen LogP contribution in [0.4, 0.5) is 11.4 Å². The molecule has 1 aromatic rings. The lowest BCUT2D eigenvalue weighted by molar-refractivity contribution is -0.384. The molecule has 6 nitrogen and oxygen atoms in total. The lowest BCUT2D eigenvalue weighted by Gasteiger charge is -2.12. The van der Waals surface area contributed by atoms with Crippen LogP contribution < -0.4 is 5.32 Å². The molecular weight excluding hydrogens is 210 g/mol. The molecule has 2 N–H and O–H groups in total. The van der Waals surface area contributed by atoms with E-state index < -0.39 is 11.2 Å². The number of nitro benzene ring substituents is 1. The van der Waals surface area contributed by atoms with Crippen molar-refractivity contribution in [2.24, 2.45) is 0 Å². The molecule has 84 valence electrons. The monoisotopic (exact) mass is 221 g/mol. The summed E-state index contributed by atoms with van der Waals surface area (Å²) in [5.74, 6) is 0. The van der Waals surface area contributed by atoms with Gasteiger partial charge in [0.25, 0.3) is 5.69 Å². The lowest BCUT2D eigenvalue weighted by atomic mass is 10.1. The summed E-state index contributed by atoms with van der Waals surface area (Å²) in [5, 5.41) is 31.3. The van der Waals surface area contributed by atoms with E-state index in [1.807, 2.05) is 6.07 Å². The fourth-order valence-electron chi connectivity index (χ4n) is 1.15. The average molecular weight is 221 g/mol. The van der Waals surface area contributed by atoms with Gasteiger partial charge in [0.05, 0.1) is 16.2 Å². The molecule has 0 fully saturated rings. The zero-order valence-corrected chi connectivity index (χ0v) is 8.67. The molecule has 0 amide bonds. The van der Waals surface area contributed by atoms with Crippen LogP contribution in [0.15, 0.2) is 18.2 Å². The highest BCUT2D eigenvalue weighted by Gasteiger charge is 2.11. The average Bonchev–Trinajstić information content (AvgIpc) is 2.29. The van der Waals surface area contributed by atoms with Gasteiger partial charge in [-0.1, -0.05) is 6.92 Å². The van der Waals surface area contributed by atoms with Gasteiger partial charge in [-0.05, 0) is 12.5 Å². The van der Waals surface area contributed by atoms with Crippen LogP contribution in [0.3, 0.4) is 0 Å². The van der Waals surface area contributed by atoms with Gasteiger partial charge in [0, 0.05) is 12.1 Å². The van der Waals surface area contributed by atoms with E-state index in [0.717, 1.165) is 0 Å². The number of benzene rings is 1. The highest BCUT2D eigenvalue weighted by atomic mass is 16.6. The minimum Gasteiger partial charge on any atom is -0.374 e. The Bertz CT molecular complexity index is 439. The minimum atomic E-state index is -0.770. The number of nitro groups is 1. The Labute approximate surface area is 92.3 Å². The summed E-state index contributed by atoms with van der Waals surface area (Å²) in [6.45, 7) is 1.77. The molecule has 0 heterocycles. The summed E-state index contributed by atoms with van der Waals surface area (Å²) in [7, 11) is 0. The Hall–Kier alpha value is -2.13. The van der Waals surface area contributed by atoms with Gasteiger partial charge in [0.1, 0.15) is 12.3 Å². The molecule has 16 heavy (non-hydrogen) atoms. The molecule has 1 rings (SSSR count). The smallest absolute Gasteiger partial charge is 0.270 e. The van der Waals surface area contributed by atoms with Crippen molar-refractivity contribution in [3.63, 3.8) is 0 Å². The summed E-state index contributed by atoms with van der Waals surface area (Å²) in [6.07, 6.45) is -0.296. The van der Waals surface area contributed by atoms with Crippen molar-refractivity contribution in [3.05, 3.63) is 33.9 Å². The molecule has 1 aromatic carbocycles. The maximum absolute atomic E-state index is 10.5. The molecule has 1 unspecified atom stereocenters. The van der Waals surface area contributed by atoms with Crippen LogP contribution >= 0.6 is 0 Å². The van der Waals surface area contributed by atoms with Crippen LogP contribution in [0.1, 0.15) is 18.9 Å². The van der Waals surface area contributed by atoms with Crippen molar-refractivity contribution in [1.29, 1.82) is 5.26 Å². The zero-order valence-electron chi connectivity index (χ0n) is 8.67. The third kappa shape index (κ3) is 2.68. The van der Waals surface area contributed by atoms with E-state index in [2.05, 4.69) is 5.32 Å². The highest BCUT2D eigenvalue weighted by Crippen LogP contribution is 2.21. The van der Waals surface area contributed by atoms with Crippen LogP contribution in [0.25, 0.3) is 0 Å². The predicted molar refractivity (Wildman–Crippen MR) is 57.7 cm³/mol. The largest absolute Gasteiger partial charge is 0.374 e. The zero-order chi connectivity index (χ0) is 12.1. The second-order valence-electron chi connectivity index (χ2n) is 3.17. The summed E-state index contributed by atoms with van der Waals surface area (Å²) in [4.78, 5) is 9.92. The molecule has 0 saturated heterocycles. The minimum absolute atomic E-state index is 0.140. The maximum atomic E-state index is 10.5. The number of nitriles is 1. The van der Waals surface area contributed by atoms with E-state index in [9.17, 15) is 15.2 Å². The molecule has 0 aliphatic carbocycles. The van der Waals surface area contributed by atoms with Crippen LogP contribution in [-0.4, -0.2) is 16.3 Å². The normalized spacial score (nSPS) is 11.6. The second-order valence-corrected chi connectivity index (χ2v) is 3.17. The molecule has 1 atom stereocenters. The van der Waals surface area contributed by atoms with Crippen LogP contribution in [0.2, 0.25) is 0 Å². The van der Waals surface area contributed by atoms with E-state index in [1.54, 1.807) is 6.92 Å². The Morgan fingerprint density at radius 1 is 1.69 bits per heavy atom. The molecule has 0 saturated carbocycles. The first-order valence-corrected chi connectivity index (χ1v) is 4.71. The van der Waals surface area contributed by atoms with Crippen molar-refractivity contribution in [1.82, 2.24) is 0 Å². The number of nitrogens with one attached hydrogen (secondary N) is 1. The van der Waals surface area contributed by atoms with Crippen molar-refractivity contribution in [3.8, 4) is 6.07 Å². The number of hydrogen-bond acceptors (Lipinski definition) is 5. The van der Waals surface area contributed by atoms with E-state index in [4.69, 9.17) is 5.26 Å². The Morgan fingerprint density at radius 3 is 2.88 bits per heavy atom. The first kappa shape index (κ1) is 11.9. The molecule has 0 bridgehead atoms. The topological polar surface area (TPSA) is 99.2 Å². The third-order valence-corrected chi connectivity index (χ3v) is 2.04. The lowest BCUT2D eigenvalue weighted by Crippen LogP contribution is -2.17. The number of aliphatic hydroxyl groups is 1. The number of rotatable bonds is 4. The van der Waals surface area contributed by atoms with Crippen LogP contribution in [0, 0.1) is 21.4 Å².